The molecular formula is C16H30N2O7. The number of likely N-dealkylation sites (tertiary alicyclic amines) is 1. The van der Waals surface area contributed by atoms with Crippen molar-refractivity contribution in [2.75, 3.05) is 26.3 Å². The Morgan fingerprint density at radius 3 is 2.48 bits per heavy atom. The van der Waals surface area contributed by atoms with Crippen molar-refractivity contribution in [3.05, 3.63) is 0 Å². The molecule has 25 heavy (non-hydrogen) atoms. The highest BCUT2D eigenvalue weighted by molar-refractivity contribution is 5.76. The molecule has 2 aliphatic heterocycles. The van der Waals surface area contributed by atoms with E-state index in [1.807, 2.05) is 0 Å². The molecule has 2 fully saturated rings. The van der Waals surface area contributed by atoms with E-state index in [2.05, 4.69) is 0 Å². The summed E-state index contributed by atoms with van der Waals surface area (Å²) in [5.41, 5.74) is 5.78. The second kappa shape index (κ2) is 9.77. The fourth-order valence-electron chi connectivity index (χ4n) is 3.10. The van der Waals surface area contributed by atoms with Gasteiger partial charge in [-0.05, 0) is 25.7 Å². The Morgan fingerprint density at radius 2 is 1.84 bits per heavy atom. The van der Waals surface area contributed by atoms with Crippen LogP contribution in [0.4, 0.5) is 0 Å². The molecule has 2 heterocycles. The summed E-state index contributed by atoms with van der Waals surface area (Å²) in [7, 11) is 0. The van der Waals surface area contributed by atoms with Crippen LogP contribution in [0.2, 0.25) is 0 Å². The van der Waals surface area contributed by atoms with E-state index in [0.717, 1.165) is 0 Å². The van der Waals surface area contributed by atoms with Crippen molar-refractivity contribution < 1.29 is 34.7 Å². The highest BCUT2D eigenvalue weighted by Gasteiger charge is 2.42. The third-order valence-corrected chi connectivity index (χ3v) is 4.81. The van der Waals surface area contributed by atoms with Crippen LogP contribution in [-0.4, -0.2) is 94.3 Å². The molecule has 146 valence electrons. The number of nitrogens with two attached hydrogens (primary N) is 1. The van der Waals surface area contributed by atoms with Gasteiger partial charge in [-0.2, -0.15) is 0 Å². The van der Waals surface area contributed by atoms with Gasteiger partial charge >= 0.3 is 0 Å². The van der Waals surface area contributed by atoms with Crippen LogP contribution in [0.3, 0.4) is 0 Å². The third-order valence-electron chi connectivity index (χ3n) is 4.81. The first-order valence-corrected chi connectivity index (χ1v) is 8.89. The summed E-state index contributed by atoms with van der Waals surface area (Å²) < 4.78 is 10.9. The van der Waals surface area contributed by atoms with Gasteiger partial charge in [0.25, 0.3) is 0 Å². The average molecular weight is 362 g/mol. The lowest BCUT2D eigenvalue weighted by atomic mass is 9.98. The lowest BCUT2D eigenvalue weighted by molar-refractivity contribution is -0.265. The van der Waals surface area contributed by atoms with E-state index in [1.165, 1.54) is 0 Å². The van der Waals surface area contributed by atoms with Gasteiger partial charge in [-0.25, -0.2) is 0 Å². The quantitative estimate of drug-likeness (QED) is 0.325. The van der Waals surface area contributed by atoms with Crippen molar-refractivity contribution in [2.24, 2.45) is 5.73 Å². The molecule has 2 unspecified atom stereocenters. The van der Waals surface area contributed by atoms with Gasteiger partial charge < -0.3 is 40.5 Å². The fourth-order valence-corrected chi connectivity index (χ4v) is 3.10. The standard InChI is InChI=1S/C16H30N2O7/c17-13-15(23)14(22)11(9-19)25-16(13)24-8-2-1-3-12(21)18-6-4-10(20)5-7-18/h10-11,13-16,19-20,22-23H,1-9,17H2/t11?,13?,14-,15+,16+/m0/s1. The second-order valence-electron chi connectivity index (χ2n) is 6.72. The Balaban J connectivity index is 1.63. The first kappa shape index (κ1) is 20.5. The number of hydrogen-bond donors (Lipinski definition) is 5. The van der Waals surface area contributed by atoms with Crippen LogP contribution in [0.1, 0.15) is 32.1 Å². The fraction of sp³-hybridized carbons (Fsp3) is 0.938. The number of piperidine rings is 1. The Morgan fingerprint density at radius 1 is 1.16 bits per heavy atom. The molecule has 0 radical (unpaired) electrons. The SMILES string of the molecule is NC1[C@H](OCCCCC(=O)N2CCC(O)CC2)OC(CO)[C@H](O)[C@@H]1O. The molecule has 5 atom stereocenters. The number of unbranched alkanes of at least 4 members (excludes halogenated alkanes) is 1. The Hall–Kier alpha value is -0.810. The predicted molar refractivity (Wildman–Crippen MR) is 87.4 cm³/mol. The Labute approximate surface area is 147 Å². The maximum absolute atomic E-state index is 12.1. The van der Waals surface area contributed by atoms with E-state index in [4.69, 9.17) is 20.3 Å². The minimum absolute atomic E-state index is 0.0800. The molecule has 0 aliphatic carbocycles. The van der Waals surface area contributed by atoms with Crippen LogP contribution in [0.15, 0.2) is 0 Å². The molecule has 0 bridgehead atoms. The van der Waals surface area contributed by atoms with Crippen LogP contribution in [-0.2, 0) is 14.3 Å². The van der Waals surface area contributed by atoms with Gasteiger partial charge in [0, 0.05) is 26.1 Å². The van der Waals surface area contributed by atoms with Crippen molar-refractivity contribution in [3.63, 3.8) is 0 Å². The number of ether oxygens (including phenoxy) is 2. The maximum atomic E-state index is 12.1. The normalized spacial score (nSPS) is 34.3. The maximum Gasteiger partial charge on any atom is 0.222 e. The van der Waals surface area contributed by atoms with Crippen LogP contribution in [0.25, 0.3) is 0 Å². The zero-order valence-corrected chi connectivity index (χ0v) is 14.4. The van der Waals surface area contributed by atoms with Crippen molar-refractivity contribution in [3.8, 4) is 0 Å². The Bertz CT molecular complexity index is 415. The van der Waals surface area contributed by atoms with Gasteiger partial charge in [-0.1, -0.05) is 0 Å². The van der Waals surface area contributed by atoms with E-state index >= 15 is 0 Å². The zero-order chi connectivity index (χ0) is 18.4. The van der Waals surface area contributed by atoms with E-state index in [0.29, 0.717) is 51.8 Å². The van der Waals surface area contributed by atoms with E-state index in [-0.39, 0.29) is 12.0 Å². The molecule has 1 amide bonds. The van der Waals surface area contributed by atoms with Gasteiger partial charge in [0.1, 0.15) is 18.3 Å². The summed E-state index contributed by atoms with van der Waals surface area (Å²) in [6, 6.07) is -0.904. The van der Waals surface area contributed by atoms with Crippen molar-refractivity contribution in [1.82, 2.24) is 4.90 Å². The summed E-state index contributed by atoms with van der Waals surface area (Å²) in [5, 5.41) is 38.1. The van der Waals surface area contributed by atoms with Crippen molar-refractivity contribution in [2.45, 2.75) is 68.9 Å². The molecule has 2 aliphatic rings. The number of rotatable bonds is 7. The smallest absolute Gasteiger partial charge is 0.222 e. The first-order chi connectivity index (χ1) is 11.9. The van der Waals surface area contributed by atoms with Gasteiger partial charge in [0.15, 0.2) is 6.29 Å². The summed E-state index contributed by atoms with van der Waals surface area (Å²) in [6.07, 6.45) is -1.67. The molecule has 2 saturated heterocycles. The topological polar surface area (TPSA) is 146 Å². The molecule has 6 N–H and O–H groups in total. The number of aliphatic hydroxyl groups excluding tert-OH is 4. The molecule has 0 aromatic carbocycles. The summed E-state index contributed by atoms with van der Waals surface area (Å²) in [4.78, 5) is 13.8. The van der Waals surface area contributed by atoms with Crippen LogP contribution < -0.4 is 5.73 Å². The number of amides is 1. The molecule has 0 aromatic rings. The van der Waals surface area contributed by atoms with Gasteiger partial charge in [0.2, 0.25) is 5.91 Å². The second-order valence-corrected chi connectivity index (χ2v) is 6.72. The highest BCUT2D eigenvalue weighted by atomic mass is 16.7. The van der Waals surface area contributed by atoms with Gasteiger partial charge in [-0.3, -0.25) is 4.79 Å². The van der Waals surface area contributed by atoms with Crippen LogP contribution in [0, 0.1) is 0 Å². The third kappa shape index (κ3) is 5.58. The molecule has 9 heteroatoms. The highest BCUT2D eigenvalue weighted by Crippen LogP contribution is 2.21. The summed E-state index contributed by atoms with van der Waals surface area (Å²) in [5.74, 6) is 0.0800. The first-order valence-electron chi connectivity index (χ1n) is 8.89. The number of carbonyl (C=O) groups is 1. The van der Waals surface area contributed by atoms with Crippen molar-refractivity contribution in [1.29, 1.82) is 0 Å². The Kier molecular flexibility index (Phi) is 8.01. The lowest BCUT2D eigenvalue weighted by Gasteiger charge is -2.40. The average Bonchev–Trinajstić information content (AvgIpc) is 2.61. The van der Waals surface area contributed by atoms with Crippen LogP contribution in [0.5, 0.6) is 0 Å². The zero-order valence-electron chi connectivity index (χ0n) is 14.4. The number of nitrogens with zero attached hydrogens (tertiary/aromatic N) is 1. The van der Waals surface area contributed by atoms with E-state index < -0.39 is 37.3 Å². The monoisotopic (exact) mass is 362 g/mol. The predicted octanol–water partition coefficient (Wildman–Crippen LogP) is -2.08. The van der Waals surface area contributed by atoms with E-state index in [9.17, 15) is 20.1 Å². The summed E-state index contributed by atoms with van der Waals surface area (Å²) >= 11 is 0. The molecule has 0 aromatic heterocycles. The number of aliphatic hydroxyl groups is 4. The van der Waals surface area contributed by atoms with Gasteiger partial charge in [0.05, 0.1) is 18.8 Å². The van der Waals surface area contributed by atoms with Gasteiger partial charge in [-0.15, -0.1) is 0 Å². The van der Waals surface area contributed by atoms with E-state index in [1.54, 1.807) is 4.90 Å². The minimum Gasteiger partial charge on any atom is -0.394 e. The molecular weight excluding hydrogens is 332 g/mol. The minimum atomic E-state index is -1.25. The number of carbonyl (C=O) groups excluding carboxylic acids is 1. The number of hydrogen-bond acceptors (Lipinski definition) is 8. The summed E-state index contributed by atoms with van der Waals surface area (Å²) in [6.45, 7) is 1.06. The molecule has 9 nitrogen and oxygen atoms in total. The molecule has 0 saturated carbocycles. The van der Waals surface area contributed by atoms with Crippen molar-refractivity contribution >= 4 is 5.91 Å². The van der Waals surface area contributed by atoms with Crippen LogP contribution >= 0.6 is 0 Å². The molecule has 0 spiro atoms. The largest absolute Gasteiger partial charge is 0.394 e. The molecule has 2 rings (SSSR count). The lowest BCUT2D eigenvalue weighted by Crippen LogP contribution is -2.62.